The molecule has 33 heavy (non-hydrogen) atoms. The first-order valence-corrected chi connectivity index (χ1v) is 14.2. The second-order valence-corrected chi connectivity index (χ2v) is 9.04. The zero-order valence-corrected chi connectivity index (χ0v) is 22.8. The van der Waals surface area contributed by atoms with Crippen molar-refractivity contribution < 1.29 is 19.0 Å². The zero-order chi connectivity index (χ0) is 24.2. The van der Waals surface area contributed by atoms with E-state index in [4.69, 9.17) is 14.2 Å². The maximum absolute atomic E-state index is 11.9. The highest BCUT2D eigenvalue weighted by atomic mass is 79.9. The summed E-state index contributed by atoms with van der Waals surface area (Å²) in [5.74, 6) is 12.4. The number of alkyl halides is 1. The minimum atomic E-state index is -0.328. The first-order chi connectivity index (χ1) is 16.2. The third-order valence-corrected chi connectivity index (χ3v) is 5.67. The monoisotopic (exact) mass is 526 g/mol. The molecular formula is C28H47BrO4. The number of carbonyl (C=O) groups is 1. The van der Waals surface area contributed by atoms with Gasteiger partial charge in [-0.05, 0) is 44.9 Å². The molecule has 0 aromatic rings. The van der Waals surface area contributed by atoms with Gasteiger partial charge < -0.3 is 14.2 Å². The van der Waals surface area contributed by atoms with Gasteiger partial charge in [0.1, 0.15) is 13.2 Å². The predicted molar refractivity (Wildman–Crippen MR) is 141 cm³/mol. The third-order valence-electron chi connectivity index (χ3n) is 5.11. The molecule has 0 rings (SSSR count). The summed E-state index contributed by atoms with van der Waals surface area (Å²) in [6, 6.07) is 0. The highest BCUT2D eigenvalue weighted by Gasteiger charge is 2.10. The van der Waals surface area contributed by atoms with E-state index in [1.54, 1.807) is 0 Å². The Bertz CT molecular complexity index is 524. The predicted octanol–water partition coefficient (Wildman–Crippen LogP) is 7.57. The minimum absolute atomic E-state index is 0.107. The van der Waals surface area contributed by atoms with Gasteiger partial charge >= 0.3 is 5.97 Å². The Balaban J connectivity index is 4.12. The molecule has 0 aromatic heterocycles. The molecule has 0 amide bonds. The molecule has 0 N–H and O–H groups in total. The lowest BCUT2D eigenvalue weighted by Crippen LogP contribution is -2.18. The molecule has 0 spiro atoms. The molecule has 0 unspecified atom stereocenters. The fraction of sp³-hybridized carbons (Fsp3) is 0.821. The van der Waals surface area contributed by atoms with Crippen LogP contribution in [0, 0.1) is 23.7 Å². The molecule has 0 atom stereocenters. The molecule has 0 radical (unpaired) electrons. The van der Waals surface area contributed by atoms with E-state index in [0.29, 0.717) is 26.2 Å². The molecule has 4 nitrogen and oxygen atoms in total. The van der Waals surface area contributed by atoms with Crippen molar-refractivity contribution in [1.82, 2.24) is 0 Å². The Labute approximate surface area is 212 Å². The molecule has 0 saturated heterocycles. The Morgan fingerprint density at radius 2 is 1.33 bits per heavy atom. The van der Waals surface area contributed by atoms with E-state index in [0.717, 1.165) is 63.1 Å². The maximum atomic E-state index is 11.9. The lowest BCUT2D eigenvalue weighted by atomic mass is 10.2. The van der Waals surface area contributed by atoms with Crippen LogP contribution in [0.25, 0.3) is 0 Å². The van der Waals surface area contributed by atoms with Gasteiger partial charge in [-0.2, -0.15) is 0 Å². The SMILES string of the molecule is CCCCCC#CCOC(CCCCC(=O)OCCCCCCBr)OCC#CCCCCC. The Morgan fingerprint density at radius 1 is 0.727 bits per heavy atom. The molecule has 190 valence electrons. The summed E-state index contributed by atoms with van der Waals surface area (Å²) in [5.41, 5.74) is 0. The Kier molecular flexibility index (Phi) is 26.4. The second kappa shape index (κ2) is 27.2. The highest BCUT2D eigenvalue weighted by molar-refractivity contribution is 9.09. The van der Waals surface area contributed by atoms with Crippen molar-refractivity contribution in [2.45, 2.75) is 123 Å². The molecule has 0 fully saturated rings. The van der Waals surface area contributed by atoms with Crippen LogP contribution in [0.15, 0.2) is 0 Å². The number of rotatable bonds is 21. The van der Waals surface area contributed by atoms with E-state index in [-0.39, 0.29) is 12.3 Å². The Hall–Kier alpha value is -1.01. The molecule has 0 bridgehead atoms. The fourth-order valence-electron chi connectivity index (χ4n) is 3.08. The first kappa shape index (κ1) is 32.0. The van der Waals surface area contributed by atoms with Crippen molar-refractivity contribution in [3.63, 3.8) is 0 Å². The molecule has 0 aliphatic carbocycles. The molecule has 0 aliphatic heterocycles. The van der Waals surface area contributed by atoms with Gasteiger partial charge in [0, 0.05) is 24.6 Å². The van der Waals surface area contributed by atoms with Crippen LogP contribution in [0.2, 0.25) is 0 Å². The summed E-state index contributed by atoms with van der Waals surface area (Å²) < 4.78 is 17.0. The van der Waals surface area contributed by atoms with E-state index < -0.39 is 0 Å². The Morgan fingerprint density at radius 3 is 1.91 bits per heavy atom. The molecule has 0 aliphatic rings. The van der Waals surface area contributed by atoms with Crippen LogP contribution >= 0.6 is 15.9 Å². The van der Waals surface area contributed by atoms with Gasteiger partial charge in [0.05, 0.1) is 6.61 Å². The van der Waals surface area contributed by atoms with Gasteiger partial charge in [0.15, 0.2) is 6.29 Å². The minimum Gasteiger partial charge on any atom is -0.466 e. The number of hydrogen-bond donors (Lipinski definition) is 0. The topological polar surface area (TPSA) is 44.8 Å². The van der Waals surface area contributed by atoms with E-state index in [9.17, 15) is 4.79 Å². The van der Waals surface area contributed by atoms with E-state index in [1.807, 2.05) is 0 Å². The van der Waals surface area contributed by atoms with Crippen LogP contribution in [-0.4, -0.2) is 37.4 Å². The molecular weight excluding hydrogens is 480 g/mol. The summed E-state index contributed by atoms with van der Waals surface area (Å²) in [7, 11) is 0. The summed E-state index contributed by atoms with van der Waals surface area (Å²) >= 11 is 3.43. The van der Waals surface area contributed by atoms with Gasteiger partial charge in [-0.15, -0.1) is 11.8 Å². The van der Waals surface area contributed by atoms with Crippen LogP contribution in [0.4, 0.5) is 0 Å². The zero-order valence-electron chi connectivity index (χ0n) is 21.2. The van der Waals surface area contributed by atoms with Gasteiger partial charge in [0.2, 0.25) is 0 Å². The average molecular weight is 528 g/mol. The number of ether oxygens (including phenoxy) is 3. The maximum Gasteiger partial charge on any atom is 0.305 e. The number of esters is 1. The van der Waals surface area contributed by atoms with Crippen LogP contribution in [0.3, 0.4) is 0 Å². The lowest BCUT2D eigenvalue weighted by Gasteiger charge is -2.15. The summed E-state index contributed by atoms with van der Waals surface area (Å²) in [6.07, 6.45) is 15.9. The van der Waals surface area contributed by atoms with Gasteiger partial charge in [-0.3, -0.25) is 4.79 Å². The standard InChI is InChI=1S/C28H47BrO4/c1-3-5-7-9-12-19-25-32-28(33-26-20-13-10-8-6-4-2)22-16-15-21-27(30)31-24-18-14-11-17-23-29/h28H,3-11,14-18,21-26H2,1-2H3. The molecule has 0 aromatic carbocycles. The van der Waals surface area contributed by atoms with Gasteiger partial charge in [-0.1, -0.05) is 80.1 Å². The van der Waals surface area contributed by atoms with Crippen molar-refractivity contribution in [1.29, 1.82) is 0 Å². The van der Waals surface area contributed by atoms with Crippen LogP contribution < -0.4 is 0 Å². The van der Waals surface area contributed by atoms with Crippen molar-refractivity contribution in [2.24, 2.45) is 0 Å². The van der Waals surface area contributed by atoms with Gasteiger partial charge in [-0.25, -0.2) is 0 Å². The lowest BCUT2D eigenvalue weighted by molar-refractivity contribution is -0.144. The normalized spacial score (nSPS) is 10.4. The first-order valence-electron chi connectivity index (χ1n) is 13.1. The summed E-state index contributed by atoms with van der Waals surface area (Å²) in [5, 5.41) is 1.04. The number of unbranched alkanes of at least 4 members (excludes halogenated alkanes) is 10. The molecule has 0 saturated carbocycles. The molecule has 5 heteroatoms. The number of carbonyl (C=O) groups excluding carboxylic acids is 1. The van der Waals surface area contributed by atoms with Crippen molar-refractivity contribution in [3.8, 4) is 23.7 Å². The van der Waals surface area contributed by atoms with Gasteiger partial charge in [0.25, 0.3) is 0 Å². The highest BCUT2D eigenvalue weighted by Crippen LogP contribution is 2.10. The van der Waals surface area contributed by atoms with E-state index in [1.165, 1.54) is 38.5 Å². The smallest absolute Gasteiger partial charge is 0.305 e. The average Bonchev–Trinajstić information content (AvgIpc) is 2.82. The molecule has 0 heterocycles. The van der Waals surface area contributed by atoms with Crippen LogP contribution in [-0.2, 0) is 19.0 Å². The van der Waals surface area contributed by atoms with E-state index in [2.05, 4.69) is 53.5 Å². The van der Waals surface area contributed by atoms with E-state index >= 15 is 0 Å². The van der Waals surface area contributed by atoms with Crippen molar-refractivity contribution >= 4 is 21.9 Å². The van der Waals surface area contributed by atoms with Crippen LogP contribution in [0.1, 0.15) is 117 Å². The number of halogens is 1. The number of hydrogen-bond acceptors (Lipinski definition) is 4. The fourth-order valence-corrected chi connectivity index (χ4v) is 3.47. The second-order valence-electron chi connectivity index (χ2n) is 8.24. The van der Waals surface area contributed by atoms with Crippen molar-refractivity contribution in [2.75, 3.05) is 25.2 Å². The van der Waals surface area contributed by atoms with Crippen LogP contribution in [0.5, 0.6) is 0 Å². The summed E-state index contributed by atoms with van der Waals surface area (Å²) in [6.45, 7) is 5.66. The summed E-state index contributed by atoms with van der Waals surface area (Å²) in [4.78, 5) is 11.9. The van der Waals surface area contributed by atoms with Crippen molar-refractivity contribution in [3.05, 3.63) is 0 Å². The largest absolute Gasteiger partial charge is 0.466 e. The third kappa shape index (κ3) is 25.5. The quantitative estimate of drug-likeness (QED) is 0.0508.